The Labute approximate surface area is 130 Å². The molecule has 1 aliphatic heterocycles. The quantitative estimate of drug-likeness (QED) is 0.664. The van der Waals surface area contributed by atoms with Crippen LogP contribution in [0.3, 0.4) is 0 Å². The molecular weight excluding hydrogens is 278 g/mol. The molecular formula is C16H21N5O. The van der Waals surface area contributed by atoms with Gasteiger partial charge in [0.15, 0.2) is 5.96 Å². The van der Waals surface area contributed by atoms with Gasteiger partial charge in [-0.1, -0.05) is 18.2 Å². The third-order valence-electron chi connectivity index (χ3n) is 3.65. The van der Waals surface area contributed by atoms with Crippen molar-refractivity contribution < 1.29 is 4.74 Å². The number of benzene rings is 1. The van der Waals surface area contributed by atoms with Gasteiger partial charge in [-0.3, -0.25) is 9.67 Å². The Morgan fingerprint density at radius 1 is 1.50 bits per heavy atom. The molecule has 3 N–H and O–H groups in total. The monoisotopic (exact) mass is 299 g/mol. The van der Waals surface area contributed by atoms with Crippen LogP contribution in [-0.4, -0.2) is 28.9 Å². The number of fused-ring (bicyclic) bond motifs is 1. The number of aliphatic imine (C=N–C) groups is 1. The summed E-state index contributed by atoms with van der Waals surface area (Å²) in [5.74, 6) is 1.39. The second kappa shape index (κ2) is 6.51. The van der Waals surface area contributed by atoms with Crippen LogP contribution in [0.25, 0.3) is 0 Å². The average molecular weight is 299 g/mol. The number of nitrogens with one attached hydrogen (secondary N) is 1. The Bertz CT molecular complexity index is 664. The minimum Gasteiger partial charge on any atom is -0.493 e. The Morgan fingerprint density at radius 3 is 3.18 bits per heavy atom. The van der Waals surface area contributed by atoms with Crippen molar-refractivity contribution in [1.82, 2.24) is 15.1 Å². The predicted molar refractivity (Wildman–Crippen MR) is 85.9 cm³/mol. The molecule has 2 heterocycles. The number of hydrogen-bond acceptors (Lipinski definition) is 3. The van der Waals surface area contributed by atoms with Crippen molar-refractivity contribution >= 4 is 5.96 Å². The van der Waals surface area contributed by atoms with Crippen molar-refractivity contribution in [1.29, 1.82) is 0 Å². The van der Waals surface area contributed by atoms with Crippen LogP contribution in [0.4, 0.5) is 0 Å². The number of aromatic nitrogens is 2. The van der Waals surface area contributed by atoms with Gasteiger partial charge >= 0.3 is 0 Å². The number of hydrogen-bond donors (Lipinski definition) is 2. The molecule has 0 aliphatic carbocycles. The summed E-state index contributed by atoms with van der Waals surface area (Å²) in [4.78, 5) is 4.38. The molecule has 6 nitrogen and oxygen atoms in total. The number of guanidine groups is 1. The molecule has 116 valence electrons. The first kappa shape index (κ1) is 14.4. The highest BCUT2D eigenvalue weighted by Crippen LogP contribution is 2.31. The van der Waals surface area contributed by atoms with E-state index in [-0.39, 0.29) is 6.04 Å². The molecule has 6 heteroatoms. The third kappa shape index (κ3) is 3.39. The Morgan fingerprint density at radius 2 is 2.36 bits per heavy atom. The molecule has 0 spiro atoms. The lowest BCUT2D eigenvalue weighted by Gasteiger charge is -2.26. The fraction of sp³-hybridized carbons (Fsp3) is 0.375. The third-order valence-corrected chi connectivity index (χ3v) is 3.65. The lowest BCUT2D eigenvalue weighted by atomic mass is 10.0. The van der Waals surface area contributed by atoms with Crippen LogP contribution in [-0.2, 0) is 6.54 Å². The molecule has 2 aromatic rings. The zero-order chi connectivity index (χ0) is 15.4. The van der Waals surface area contributed by atoms with E-state index in [9.17, 15) is 0 Å². The summed E-state index contributed by atoms with van der Waals surface area (Å²) >= 11 is 0. The lowest BCUT2D eigenvalue weighted by Crippen LogP contribution is -2.37. The van der Waals surface area contributed by atoms with Gasteiger partial charge in [0.1, 0.15) is 5.75 Å². The predicted octanol–water partition coefficient (Wildman–Crippen LogP) is 1.62. The fourth-order valence-electron chi connectivity index (χ4n) is 2.58. The summed E-state index contributed by atoms with van der Waals surface area (Å²) in [5.41, 5.74) is 8.28. The van der Waals surface area contributed by atoms with E-state index < -0.39 is 0 Å². The second-order valence-corrected chi connectivity index (χ2v) is 5.42. The zero-order valence-electron chi connectivity index (χ0n) is 12.7. The van der Waals surface area contributed by atoms with Crippen molar-refractivity contribution in [2.75, 3.05) is 13.2 Å². The minimum absolute atomic E-state index is 0.153. The van der Waals surface area contributed by atoms with Crippen LogP contribution >= 0.6 is 0 Å². The molecule has 1 atom stereocenters. The molecule has 0 bridgehead atoms. The number of para-hydroxylation sites is 1. The van der Waals surface area contributed by atoms with Gasteiger partial charge < -0.3 is 15.8 Å². The number of nitrogens with two attached hydrogens (primary N) is 1. The Balaban J connectivity index is 1.57. The number of rotatable bonds is 4. The molecule has 1 unspecified atom stereocenters. The van der Waals surface area contributed by atoms with E-state index in [1.807, 2.05) is 42.2 Å². The summed E-state index contributed by atoms with van der Waals surface area (Å²) in [6, 6.07) is 8.18. The van der Waals surface area contributed by atoms with Crippen LogP contribution in [0.15, 0.2) is 41.7 Å². The van der Waals surface area contributed by atoms with Gasteiger partial charge in [0.25, 0.3) is 0 Å². The first-order valence-electron chi connectivity index (χ1n) is 7.49. The number of nitrogens with zero attached hydrogens (tertiary/aromatic N) is 3. The van der Waals surface area contributed by atoms with E-state index >= 15 is 0 Å². The first-order chi connectivity index (χ1) is 10.7. The van der Waals surface area contributed by atoms with Crippen LogP contribution in [0.5, 0.6) is 5.75 Å². The summed E-state index contributed by atoms with van der Waals surface area (Å²) in [7, 11) is 0. The Kier molecular flexibility index (Phi) is 4.27. The summed E-state index contributed by atoms with van der Waals surface area (Å²) in [5, 5.41) is 7.51. The highest BCUT2D eigenvalue weighted by atomic mass is 16.5. The Hall–Kier alpha value is -2.50. The van der Waals surface area contributed by atoms with Crippen molar-refractivity contribution in [3.05, 3.63) is 47.8 Å². The topological polar surface area (TPSA) is 77.5 Å². The molecule has 0 radical (unpaired) electrons. The highest BCUT2D eigenvalue weighted by molar-refractivity contribution is 5.78. The summed E-state index contributed by atoms with van der Waals surface area (Å²) in [6.45, 7) is 4.03. The van der Waals surface area contributed by atoms with Crippen molar-refractivity contribution in [3.8, 4) is 5.75 Å². The van der Waals surface area contributed by atoms with Crippen LogP contribution in [0.2, 0.25) is 0 Å². The zero-order valence-corrected chi connectivity index (χ0v) is 12.7. The molecule has 0 saturated heterocycles. The van der Waals surface area contributed by atoms with Gasteiger partial charge in [-0.05, 0) is 18.6 Å². The van der Waals surface area contributed by atoms with E-state index in [0.717, 1.165) is 29.8 Å². The number of aryl methyl sites for hydroxylation is 1. The van der Waals surface area contributed by atoms with Crippen LogP contribution < -0.4 is 15.8 Å². The standard InChI is InChI=1S/C16H21N5O/c1-12-10-19-21(11-12)8-7-18-16(17)20-14-6-9-22-15-5-3-2-4-13(14)15/h2-5,10-11,14H,6-9H2,1H3,(H3,17,18,20). The smallest absolute Gasteiger partial charge is 0.189 e. The van der Waals surface area contributed by atoms with E-state index in [4.69, 9.17) is 10.5 Å². The first-order valence-corrected chi connectivity index (χ1v) is 7.49. The van der Waals surface area contributed by atoms with Crippen molar-refractivity contribution in [3.63, 3.8) is 0 Å². The van der Waals surface area contributed by atoms with Crippen molar-refractivity contribution in [2.24, 2.45) is 10.7 Å². The summed E-state index contributed by atoms with van der Waals surface area (Å²) < 4.78 is 7.52. The van der Waals surface area contributed by atoms with Gasteiger partial charge in [-0.25, -0.2) is 0 Å². The summed E-state index contributed by atoms with van der Waals surface area (Å²) in [6.07, 6.45) is 4.71. The minimum atomic E-state index is 0.153. The molecule has 22 heavy (non-hydrogen) atoms. The van der Waals surface area contributed by atoms with Crippen molar-refractivity contribution in [2.45, 2.75) is 25.9 Å². The van der Waals surface area contributed by atoms with E-state index in [1.165, 1.54) is 0 Å². The molecule has 3 rings (SSSR count). The SMILES string of the molecule is Cc1cnn(CCN=C(N)NC2CCOc3ccccc32)c1. The molecule has 0 amide bonds. The maximum atomic E-state index is 6.00. The molecule has 1 aromatic carbocycles. The van der Waals surface area contributed by atoms with Gasteiger partial charge in [-0.2, -0.15) is 5.10 Å². The van der Waals surface area contributed by atoms with Gasteiger partial charge in [0.05, 0.1) is 31.9 Å². The van der Waals surface area contributed by atoms with E-state index in [0.29, 0.717) is 19.1 Å². The maximum absolute atomic E-state index is 6.00. The fourth-order valence-corrected chi connectivity index (χ4v) is 2.58. The van der Waals surface area contributed by atoms with Gasteiger partial charge in [0.2, 0.25) is 0 Å². The van der Waals surface area contributed by atoms with E-state index in [1.54, 1.807) is 0 Å². The van der Waals surface area contributed by atoms with Gasteiger partial charge in [0, 0.05) is 18.2 Å². The molecule has 0 fully saturated rings. The molecule has 0 saturated carbocycles. The molecule has 1 aromatic heterocycles. The average Bonchev–Trinajstić information content (AvgIpc) is 2.93. The largest absolute Gasteiger partial charge is 0.493 e. The second-order valence-electron chi connectivity index (χ2n) is 5.42. The maximum Gasteiger partial charge on any atom is 0.189 e. The number of ether oxygens (including phenoxy) is 1. The highest BCUT2D eigenvalue weighted by Gasteiger charge is 2.21. The molecule has 1 aliphatic rings. The lowest BCUT2D eigenvalue weighted by molar-refractivity contribution is 0.262. The van der Waals surface area contributed by atoms with Crippen LogP contribution in [0, 0.1) is 6.92 Å². The van der Waals surface area contributed by atoms with Crippen LogP contribution in [0.1, 0.15) is 23.6 Å². The van der Waals surface area contributed by atoms with Gasteiger partial charge in [-0.15, -0.1) is 0 Å². The normalized spacial score (nSPS) is 17.7. The van der Waals surface area contributed by atoms with E-state index in [2.05, 4.69) is 21.5 Å².